The number of carbonyl (C=O) groups excluding carboxylic acids is 2. The number of anilines is 2. The Morgan fingerprint density at radius 1 is 1.20 bits per heavy atom. The van der Waals surface area contributed by atoms with Gasteiger partial charge in [-0.3, -0.25) is 14.3 Å². The summed E-state index contributed by atoms with van der Waals surface area (Å²) in [6.45, 7) is 0.984. The average molecular weight is 556 g/mol. The number of hydrogen-bond donors (Lipinski definition) is 3. The van der Waals surface area contributed by atoms with Crippen LogP contribution >= 0.6 is 0 Å². The molecule has 208 valence electrons. The third kappa shape index (κ3) is 5.25. The highest BCUT2D eigenvalue weighted by atomic mass is 19.1. The molecule has 1 aliphatic rings. The van der Waals surface area contributed by atoms with Gasteiger partial charge in [0.15, 0.2) is 11.6 Å². The first-order valence-corrected chi connectivity index (χ1v) is 12.2. The summed E-state index contributed by atoms with van der Waals surface area (Å²) in [4.78, 5) is 35.7. The Hall–Kier alpha value is -4.72. The molecule has 3 aromatic heterocycles. The van der Waals surface area contributed by atoms with Gasteiger partial charge in [-0.25, -0.2) is 23.1 Å². The molecule has 0 bridgehead atoms. The molecular weight excluding hydrogens is 531 g/mol. The molecule has 4 heterocycles. The number of furan rings is 1. The number of rotatable bonds is 8. The Bertz CT molecular complexity index is 1570. The largest absolute Gasteiger partial charge is 0.458 e. The van der Waals surface area contributed by atoms with Crippen LogP contribution in [0, 0.1) is 17.5 Å². The predicted octanol–water partition coefficient (Wildman–Crippen LogP) is 2.87. The van der Waals surface area contributed by atoms with E-state index < -0.39 is 48.0 Å². The van der Waals surface area contributed by atoms with Gasteiger partial charge in [-0.1, -0.05) is 0 Å². The number of aliphatic hydroxyl groups is 1. The monoisotopic (exact) mass is 555 g/mol. The second kappa shape index (κ2) is 10.8. The summed E-state index contributed by atoms with van der Waals surface area (Å²) >= 11 is 0. The molecule has 0 radical (unpaired) electrons. The van der Waals surface area contributed by atoms with Gasteiger partial charge in [-0.05, 0) is 30.7 Å². The van der Waals surface area contributed by atoms with Crippen LogP contribution in [0.3, 0.4) is 0 Å². The van der Waals surface area contributed by atoms with Gasteiger partial charge in [-0.15, -0.1) is 0 Å². The lowest BCUT2D eigenvalue weighted by molar-refractivity contribution is -0.126. The van der Waals surface area contributed by atoms with Crippen LogP contribution in [-0.4, -0.2) is 60.8 Å². The van der Waals surface area contributed by atoms with Gasteiger partial charge in [-0.2, -0.15) is 5.10 Å². The van der Waals surface area contributed by atoms with E-state index in [0.29, 0.717) is 17.6 Å². The van der Waals surface area contributed by atoms with Crippen molar-refractivity contribution < 1.29 is 32.3 Å². The normalized spacial score (nSPS) is 14.6. The highest BCUT2D eigenvalue weighted by molar-refractivity contribution is 6.00. The molecule has 0 saturated heterocycles. The van der Waals surface area contributed by atoms with E-state index >= 15 is 0 Å². The molecular formula is C26H24F3N7O4. The van der Waals surface area contributed by atoms with Gasteiger partial charge in [0, 0.05) is 32.1 Å². The number of carbonyl (C=O) groups is 2. The molecule has 0 unspecified atom stereocenters. The molecule has 3 N–H and O–H groups in total. The number of amides is 2. The number of hydrogen-bond acceptors (Lipinski definition) is 8. The molecule has 14 heteroatoms. The lowest BCUT2D eigenvalue weighted by Crippen LogP contribution is -2.51. The Balaban J connectivity index is 1.33. The smallest absolute Gasteiger partial charge is 0.258 e. The summed E-state index contributed by atoms with van der Waals surface area (Å²) in [5.41, 5.74) is 0.0229. The maximum atomic E-state index is 14.7. The van der Waals surface area contributed by atoms with E-state index in [1.807, 2.05) is 0 Å². The van der Waals surface area contributed by atoms with Crippen molar-refractivity contribution in [1.29, 1.82) is 0 Å². The van der Waals surface area contributed by atoms with Crippen molar-refractivity contribution >= 4 is 23.6 Å². The van der Waals surface area contributed by atoms with Crippen molar-refractivity contribution in [2.75, 3.05) is 18.5 Å². The van der Waals surface area contributed by atoms with Crippen LogP contribution in [-0.2, 0) is 18.3 Å². The minimum atomic E-state index is -1.09. The average Bonchev–Trinajstić information content (AvgIpc) is 3.54. The molecule has 11 nitrogen and oxygen atoms in total. The molecule has 0 aliphatic carbocycles. The SMILES string of the molecule is C[C@H](C(=O)N[C@H](CO)c1cc(F)cc(F)c1)N1CCc2oc(-c3nc(Nc4ccnn4C)ncc3F)cc2C1=O. The van der Waals surface area contributed by atoms with Crippen molar-refractivity contribution in [2.24, 2.45) is 7.05 Å². The fourth-order valence-electron chi connectivity index (χ4n) is 4.42. The fraction of sp³-hybridized carbons (Fsp3) is 0.269. The first-order chi connectivity index (χ1) is 19.1. The van der Waals surface area contributed by atoms with E-state index in [9.17, 15) is 27.9 Å². The zero-order valence-corrected chi connectivity index (χ0v) is 21.4. The minimum Gasteiger partial charge on any atom is -0.458 e. The number of aromatic nitrogens is 4. The molecule has 5 rings (SSSR count). The van der Waals surface area contributed by atoms with Crippen molar-refractivity contribution in [2.45, 2.75) is 25.4 Å². The first-order valence-electron chi connectivity index (χ1n) is 12.2. The summed E-state index contributed by atoms with van der Waals surface area (Å²) in [6.07, 6.45) is 2.78. The van der Waals surface area contributed by atoms with E-state index in [2.05, 4.69) is 25.7 Å². The molecule has 1 aliphatic heterocycles. The second-order valence-electron chi connectivity index (χ2n) is 9.17. The third-order valence-electron chi connectivity index (χ3n) is 6.55. The standard InChI is InChI=1S/C26H24F3N7O4/c1-13(24(38)32-19(12-37)14-7-15(27)9-16(28)8-14)36-6-4-20-17(25(36)39)10-21(40-20)23-18(29)11-30-26(34-23)33-22-3-5-31-35(22)2/h3,5,7-11,13,19,37H,4,6,12H2,1-2H3,(H,32,38)(H,30,33,34)/t13-,19-/m1/s1. The van der Waals surface area contributed by atoms with Crippen LogP contribution in [0.5, 0.6) is 0 Å². The van der Waals surface area contributed by atoms with Gasteiger partial charge in [0.05, 0.1) is 30.6 Å². The molecule has 2 atom stereocenters. The molecule has 40 heavy (non-hydrogen) atoms. The summed E-state index contributed by atoms with van der Waals surface area (Å²) in [7, 11) is 1.71. The fourth-order valence-corrected chi connectivity index (χ4v) is 4.42. The Morgan fingerprint density at radius 2 is 1.95 bits per heavy atom. The van der Waals surface area contributed by atoms with Crippen LogP contribution in [0.1, 0.15) is 34.6 Å². The zero-order valence-electron chi connectivity index (χ0n) is 21.4. The van der Waals surface area contributed by atoms with E-state index in [4.69, 9.17) is 4.42 Å². The number of nitrogens with zero attached hydrogens (tertiary/aromatic N) is 5. The zero-order chi connectivity index (χ0) is 28.6. The number of benzene rings is 1. The van der Waals surface area contributed by atoms with E-state index in [1.54, 1.807) is 24.0 Å². The summed E-state index contributed by atoms with van der Waals surface area (Å²) in [5, 5.41) is 19.2. The van der Waals surface area contributed by atoms with Gasteiger partial charge in [0.25, 0.3) is 5.91 Å². The van der Waals surface area contributed by atoms with Gasteiger partial charge < -0.3 is 25.1 Å². The maximum absolute atomic E-state index is 14.7. The van der Waals surface area contributed by atoms with Crippen molar-refractivity contribution in [1.82, 2.24) is 30.0 Å². The molecule has 0 fully saturated rings. The Kier molecular flexibility index (Phi) is 7.26. The maximum Gasteiger partial charge on any atom is 0.258 e. The van der Waals surface area contributed by atoms with Crippen molar-refractivity contribution in [3.8, 4) is 11.5 Å². The van der Waals surface area contributed by atoms with Crippen molar-refractivity contribution in [3.63, 3.8) is 0 Å². The van der Waals surface area contributed by atoms with Crippen LogP contribution in [0.25, 0.3) is 11.5 Å². The first kappa shape index (κ1) is 26.9. The predicted molar refractivity (Wildman–Crippen MR) is 135 cm³/mol. The molecule has 2 amide bonds. The summed E-state index contributed by atoms with van der Waals surface area (Å²) in [6, 6.07) is 3.63. The molecule has 1 aromatic carbocycles. The lowest BCUT2D eigenvalue weighted by Gasteiger charge is -2.32. The lowest BCUT2D eigenvalue weighted by atomic mass is 10.0. The third-order valence-corrected chi connectivity index (χ3v) is 6.55. The van der Waals surface area contributed by atoms with E-state index in [-0.39, 0.29) is 41.5 Å². The topological polar surface area (TPSA) is 138 Å². The van der Waals surface area contributed by atoms with Crippen LogP contribution in [0.4, 0.5) is 24.9 Å². The van der Waals surface area contributed by atoms with Crippen LogP contribution < -0.4 is 10.6 Å². The molecule has 0 saturated carbocycles. The summed E-state index contributed by atoms with van der Waals surface area (Å²) < 4.78 is 49.3. The van der Waals surface area contributed by atoms with Crippen molar-refractivity contribution in [3.05, 3.63) is 77.1 Å². The van der Waals surface area contributed by atoms with Gasteiger partial charge >= 0.3 is 0 Å². The number of halogens is 3. The Morgan fingerprint density at radius 3 is 2.62 bits per heavy atom. The number of aliphatic hydroxyl groups excluding tert-OH is 1. The van der Waals surface area contributed by atoms with E-state index in [1.165, 1.54) is 17.9 Å². The molecule has 4 aromatic rings. The van der Waals surface area contributed by atoms with Crippen LogP contribution in [0.15, 0.2) is 47.1 Å². The quantitative estimate of drug-likeness (QED) is 0.302. The Labute approximate surface area is 225 Å². The molecule has 0 spiro atoms. The second-order valence-corrected chi connectivity index (χ2v) is 9.17. The number of fused-ring (bicyclic) bond motifs is 1. The number of nitrogens with one attached hydrogen (secondary N) is 2. The number of aryl methyl sites for hydroxylation is 1. The van der Waals surface area contributed by atoms with Crippen LogP contribution in [0.2, 0.25) is 0 Å². The van der Waals surface area contributed by atoms with Gasteiger partial charge in [0.2, 0.25) is 11.9 Å². The minimum absolute atomic E-state index is 0.0127. The summed E-state index contributed by atoms with van der Waals surface area (Å²) in [5.74, 6) is -2.66. The van der Waals surface area contributed by atoms with E-state index in [0.717, 1.165) is 18.3 Å². The highest BCUT2D eigenvalue weighted by Crippen LogP contribution is 2.31. The highest BCUT2D eigenvalue weighted by Gasteiger charge is 2.35. The van der Waals surface area contributed by atoms with Gasteiger partial charge in [0.1, 0.15) is 34.9 Å².